The number of nitrogens with zero attached hydrogens (tertiary/aromatic N) is 1. The molecule has 8 heavy (non-hydrogen) atoms. The summed E-state index contributed by atoms with van der Waals surface area (Å²) < 4.78 is 0. The lowest BCUT2D eigenvalue weighted by Crippen LogP contribution is -1.72. The van der Waals surface area contributed by atoms with Crippen molar-refractivity contribution < 1.29 is 0 Å². The Labute approximate surface area is 55.0 Å². The Morgan fingerprint density at radius 2 is 2.12 bits per heavy atom. The SMILES string of the molecule is C=CN=CSN.CC. The van der Waals surface area contributed by atoms with Crippen molar-refractivity contribution in [2.24, 2.45) is 10.1 Å². The fraction of sp³-hybridized carbons (Fsp3) is 0.400. The molecule has 0 radical (unpaired) electrons. The third kappa shape index (κ3) is 17.2. The molecule has 0 aromatic rings. The Balaban J connectivity index is 0. The molecular formula is C5H12N2S. The van der Waals surface area contributed by atoms with Crippen LogP contribution in [0.25, 0.3) is 0 Å². The van der Waals surface area contributed by atoms with Crippen molar-refractivity contribution >= 4 is 17.5 Å². The van der Waals surface area contributed by atoms with E-state index in [1.54, 1.807) is 0 Å². The molecule has 0 aliphatic rings. The van der Waals surface area contributed by atoms with Gasteiger partial charge in [-0.2, -0.15) is 0 Å². The van der Waals surface area contributed by atoms with E-state index in [0.29, 0.717) is 0 Å². The van der Waals surface area contributed by atoms with Crippen LogP contribution in [0, 0.1) is 0 Å². The van der Waals surface area contributed by atoms with Crippen LogP contribution < -0.4 is 5.14 Å². The van der Waals surface area contributed by atoms with Gasteiger partial charge in [0.1, 0.15) is 0 Å². The highest BCUT2D eigenvalue weighted by atomic mass is 32.2. The molecule has 0 atom stereocenters. The Kier molecular flexibility index (Phi) is 21.2. The Bertz CT molecular complexity index is 61.4. The molecule has 0 saturated heterocycles. The van der Waals surface area contributed by atoms with Gasteiger partial charge >= 0.3 is 0 Å². The topological polar surface area (TPSA) is 38.4 Å². The minimum Gasteiger partial charge on any atom is -0.273 e. The fourth-order valence-electron chi connectivity index (χ4n) is 0.0782. The molecule has 0 bridgehead atoms. The second kappa shape index (κ2) is 15.9. The lowest BCUT2D eigenvalue weighted by atomic mass is 11.0. The smallest absolute Gasteiger partial charge is 0.0746 e. The van der Waals surface area contributed by atoms with Gasteiger partial charge in [-0.15, -0.1) is 0 Å². The van der Waals surface area contributed by atoms with Gasteiger partial charge in [0.15, 0.2) is 0 Å². The molecule has 0 aliphatic heterocycles. The van der Waals surface area contributed by atoms with Crippen molar-refractivity contribution in [2.45, 2.75) is 13.8 Å². The van der Waals surface area contributed by atoms with Gasteiger partial charge in [0, 0.05) is 6.20 Å². The summed E-state index contributed by atoms with van der Waals surface area (Å²) in [5.41, 5.74) is 1.51. The second-order valence-electron chi connectivity index (χ2n) is 0.573. The molecule has 0 heterocycles. The minimum absolute atomic E-state index is 1.06. The molecule has 3 heteroatoms. The molecular weight excluding hydrogens is 120 g/mol. The van der Waals surface area contributed by atoms with Crippen molar-refractivity contribution in [3.05, 3.63) is 12.8 Å². The normalized spacial score (nSPS) is 7.88. The van der Waals surface area contributed by atoms with Crippen LogP contribution in [0.15, 0.2) is 17.8 Å². The van der Waals surface area contributed by atoms with Crippen molar-refractivity contribution in [1.29, 1.82) is 0 Å². The molecule has 0 unspecified atom stereocenters. The van der Waals surface area contributed by atoms with Crippen LogP contribution in [0.3, 0.4) is 0 Å². The summed E-state index contributed by atoms with van der Waals surface area (Å²) in [6, 6.07) is 0. The maximum Gasteiger partial charge on any atom is 0.0746 e. The van der Waals surface area contributed by atoms with Crippen LogP contribution in [-0.2, 0) is 0 Å². The first-order chi connectivity index (χ1) is 3.91. The van der Waals surface area contributed by atoms with Crippen LogP contribution in [0.4, 0.5) is 0 Å². The van der Waals surface area contributed by atoms with Crippen LogP contribution in [0.2, 0.25) is 0 Å². The highest BCUT2D eigenvalue weighted by Crippen LogP contribution is 1.74. The van der Waals surface area contributed by atoms with Crippen LogP contribution >= 0.6 is 11.9 Å². The predicted molar refractivity (Wildman–Crippen MR) is 41.8 cm³/mol. The summed E-state index contributed by atoms with van der Waals surface area (Å²) >= 11 is 1.06. The third-order valence-corrected chi connectivity index (χ3v) is 0.471. The zero-order valence-corrected chi connectivity index (χ0v) is 6.11. The molecule has 0 amide bonds. The summed E-state index contributed by atoms with van der Waals surface area (Å²) in [6.07, 6.45) is 1.43. The number of nitrogens with two attached hydrogens (primary N) is 1. The monoisotopic (exact) mass is 132 g/mol. The quantitative estimate of drug-likeness (QED) is 0.353. The van der Waals surface area contributed by atoms with E-state index in [4.69, 9.17) is 5.14 Å². The van der Waals surface area contributed by atoms with Crippen LogP contribution in [0.5, 0.6) is 0 Å². The summed E-state index contributed by atoms with van der Waals surface area (Å²) in [4.78, 5) is 3.57. The summed E-state index contributed by atoms with van der Waals surface area (Å²) in [7, 11) is 0. The van der Waals surface area contributed by atoms with Crippen molar-refractivity contribution in [3.8, 4) is 0 Å². The number of hydrogen-bond donors (Lipinski definition) is 1. The summed E-state index contributed by atoms with van der Waals surface area (Å²) in [5.74, 6) is 0. The minimum atomic E-state index is 1.06. The molecule has 48 valence electrons. The van der Waals surface area contributed by atoms with Gasteiger partial charge in [-0.1, -0.05) is 20.4 Å². The summed E-state index contributed by atoms with van der Waals surface area (Å²) in [5, 5.41) is 4.93. The van der Waals surface area contributed by atoms with Gasteiger partial charge in [0.2, 0.25) is 0 Å². The maximum absolute atomic E-state index is 4.93. The van der Waals surface area contributed by atoms with E-state index in [9.17, 15) is 0 Å². The van der Waals surface area contributed by atoms with E-state index in [2.05, 4.69) is 11.6 Å². The Morgan fingerprint density at radius 3 is 2.25 bits per heavy atom. The fourth-order valence-corrected chi connectivity index (χ4v) is 0.235. The molecule has 0 rings (SSSR count). The molecule has 2 nitrogen and oxygen atoms in total. The van der Waals surface area contributed by atoms with E-state index in [1.165, 1.54) is 11.7 Å². The van der Waals surface area contributed by atoms with Gasteiger partial charge < -0.3 is 0 Å². The highest BCUT2D eigenvalue weighted by molar-refractivity contribution is 8.10. The molecule has 0 saturated carbocycles. The first-order valence-electron chi connectivity index (χ1n) is 2.40. The largest absolute Gasteiger partial charge is 0.273 e. The molecule has 2 N–H and O–H groups in total. The molecule has 0 aromatic carbocycles. The lowest BCUT2D eigenvalue weighted by Gasteiger charge is -1.69. The maximum atomic E-state index is 4.93. The Morgan fingerprint density at radius 1 is 1.62 bits per heavy atom. The molecule has 0 aliphatic carbocycles. The first kappa shape index (κ1) is 10.7. The van der Waals surface area contributed by atoms with Crippen molar-refractivity contribution in [2.75, 3.05) is 0 Å². The standard InChI is InChI=1S/C3H6N2S.C2H6/c1-2-5-3-6-4;1-2/h2-3H,1,4H2;1-2H3. The highest BCUT2D eigenvalue weighted by Gasteiger charge is 1.55. The van der Waals surface area contributed by atoms with E-state index < -0.39 is 0 Å². The van der Waals surface area contributed by atoms with E-state index >= 15 is 0 Å². The van der Waals surface area contributed by atoms with E-state index in [0.717, 1.165) is 11.9 Å². The zero-order chi connectivity index (χ0) is 6.83. The number of hydrogen-bond acceptors (Lipinski definition) is 3. The van der Waals surface area contributed by atoms with Crippen molar-refractivity contribution in [1.82, 2.24) is 0 Å². The third-order valence-electron chi connectivity index (χ3n) is 0.227. The summed E-state index contributed by atoms with van der Waals surface area (Å²) in [6.45, 7) is 7.33. The van der Waals surface area contributed by atoms with E-state index in [-0.39, 0.29) is 0 Å². The molecule has 0 aromatic heterocycles. The van der Waals surface area contributed by atoms with Gasteiger partial charge in [0.05, 0.1) is 5.55 Å². The average Bonchev–Trinajstić information content (AvgIpc) is 1.88. The van der Waals surface area contributed by atoms with Crippen molar-refractivity contribution in [3.63, 3.8) is 0 Å². The van der Waals surface area contributed by atoms with Gasteiger partial charge in [-0.25, -0.2) is 0 Å². The van der Waals surface area contributed by atoms with Gasteiger partial charge in [-0.3, -0.25) is 10.1 Å². The average molecular weight is 132 g/mol. The Hall–Kier alpha value is -0.280. The van der Waals surface area contributed by atoms with Gasteiger partial charge in [0.25, 0.3) is 0 Å². The molecule has 0 fully saturated rings. The lowest BCUT2D eigenvalue weighted by molar-refractivity contribution is 1.50. The molecule has 0 spiro atoms. The van der Waals surface area contributed by atoms with Crippen LogP contribution in [0.1, 0.15) is 13.8 Å². The van der Waals surface area contributed by atoms with E-state index in [1.807, 2.05) is 13.8 Å². The second-order valence-corrected chi connectivity index (χ2v) is 1.06. The van der Waals surface area contributed by atoms with Crippen LogP contribution in [-0.4, -0.2) is 5.55 Å². The predicted octanol–water partition coefficient (Wildman–Crippen LogP) is 1.79. The number of rotatable bonds is 2. The number of aliphatic imine (C=N–C) groups is 1. The van der Waals surface area contributed by atoms with Gasteiger partial charge in [-0.05, 0) is 11.9 Å². The zero-order valence-electron chi connectivity index (χ0n) is 5.29. The first-order valence-corrected chi connectivity index (χ1v) is 3.34.